The van der Waals surface area contributed by atoms with Crippen LogP contribution in [0.25, 0.3) is 0 Å². The lowest BCUT2D eigenvalue weighted by molar-refractivity contribution is -0.122. The Morgan fingerprint density at radius 2 is 1.56 bits per heavy atom. The third-order valence-corrected chi connectivity index (χ3v) is 6.87. The van der Waals surface area contributed by atoms with Gasteiger partial charge in [-0.2, -0.15) is 4.37 Å². The van der Waals surface area contributed by atoms with Gasteiger partial charge in [0.05, 0.1) is 5.69 Å². The van der Waals surface area contributed by atoms with Crippen LogP contribution in [0.3, 0.4) is 0 Å². The molecule has 39 heavy (non-hydrogen) atoms. The Labute approximate surface area is 229 Å². The number of carbonyl (C=O) groups is 3. The van der Waals surface area contributed by atoms with Crippen LogP contribution >= 0.6 is 11.5 Å². The molecular weight excluding hydrogens is 519 g/mol. The predicted octanol–water partition coefficient (Wildman–Crippen LogP) is 3.73. The first kappa shape index (κ1) is 27.3. The van der Waals surface area contributed by atoms with E-state index >= 15 is 0 Å². The fourth-order valence-corrected chi connectivity index (χ4v) is 4.72. The Balaban J connectivity index is 1.83. The van der Waals surface area contributed by atoms with Crippen LogP contribution in [0, 0.1) is 5.82 Å². The monoisotopic (exact) mass is 546 g/mol. The van der Waals surface area contributed by atoms with Gasteiger partial charge in [0, 0.05) is 32.0 Å². The van der Waals surface area contributed by atoms with Crippen molar-refractivity contribution in [3.63, 3.8) is 0 Å². The van der Waals surface area contributed by atoms with Gasteiger partial charge in [-0.25, -0.2) is 4.39 Å². The van der Waals surface area contributed by atoms with Crippen LogP contribution in [0.4, 0.5) is 21.5 Å². The molecule has 0 aliphatic rings. The summed E-state index contributed by atoms with van der Waals surface area (Å²) in [6, 6.07) is 20.5. The third-order valence-electron chi connectivity index (χ3n) is 6.02. The van der Waals surface area contributed by atoms with Crippen molar-refractivity contribution in [3.8, 4) is 0 Å². The molecule has 1 atom stereocenters. The van der Waals surface area contributed by atoms with Crippen molar-refractivity contribution in [1.29, 1.82) is 0 Å². The molecule has 4 rings (SSSR count). The lowest BCUT2D eigenvalue weighted by Crippen LogP contribution is -2.44. The minimum absolute atomic E-state index is 0.0705. The van der Waals surface area contributed by atoms with Gasteiger partial charge in [0.2, 0.25) is 5.91 Å². The molecule has 0 aliphatic carbocycles. The molecule has 1 unspecified atom stereocenters. The number of hydrogen-bond donors (Lipinski definition) is 3. The van der Waals surface area contributed by atoms with Gasteiger partial charge in [-0.15, -0.1) is 0 Å². The third kappa shape index (κ3) is 6.04. The molecule has 0 aliphatic heterocycles. The molecule has 9 nitrogen and oxygen atoms in total. The van der Waals surface area contributed by atoms with E-state index in [2.05, 4.69) is 9.69 Å². The smallest absolute Gasteiger partial charge is 0.273 e. The Bertz CT molecular complexity index is 1470. The zero-order chi connectivity index (χ0) is 28.1. The molecule has 5 N–H and O–H groups in total. The van der Waals surface area contributed by atoms with E-state index in [1.54, 1.807) is 12.1 Å². The quantitative estimate of drug-likeness (QED) is 0.293. The van der Waals surface area contributed by atoms with Crippen molar-refractivity contribution in [2.24, 2.45) is 5.73 Å². The maximum atomic E-state index is 14.0. The van der Waals surface area contributed by atoms with Gasteiger partial charge in [0.25, 0.3) is 11.8 Å². The van der Waals surface area contributed by atoms with E-state index in [0.29, 0.717) is 17.1 Å². The summed E-state index contributed by atoms with van der Waals surface area (Å²) in [5.74, 6) is -2.57. The molecule has 0 saturated carbocycles. The van der Waals surface area contributed by atoms with E-state index in [1.807, 2.05) is 61.5 Å². The van der Waals surface area contributed by atoms with Crippen LogP contribution in [0.2, 0.25) is 0 Å². The van der Waals surface area contributed by atoms with Crippen molar-refractivity contribution in [2.45, 2.75) is 12.6 Å². The van der Waals surface area contributed by atoms with E-state index in [-0.39, 0.29) is 28.5 Å². The summed E-state index contributed by atoms with van der Waals surface area (Å²) in [5, 5.41) is 2.91. The molecule has 11 heteroatoms. The summed E-state index contributed by atoms with van der Waals surface area (Å²) < 4.78 is 17.8. The molecule has 0 fully saturated rings. The molecular formula is C28H27FN6O3S. The number of anilines is 3. The Kier molecular flexibility index (Phi) is 8.21. The summed E-state index contributed by atoms with van der Waals surface area (Å²) >= 11 is 0.700. The average Bonchev–Trinajstić information content (AvgIpc) is 3.33. The van der Waals surface area contributed by atoms with Gasteiger partial charge in [-0.05, 0) is 59.1 Å². The van der Waals surface area contributed by atoms with E-state index in [0.717, 1.165) is 11.3 Å². The zero-order valence-electron chi connectivity index (χ0n) is 21.3. The fraction of sp³-hybridized carbons (Fsp3) is 0.143. The van der Waals surface area contributed by atoms with Gasteiger partial charge >= 0.3 is 0 Å². The van der Waals surface area contributed by atoms with E-state index in [4.69, 9.17) is 11.5 Å². The number of amides is 3. The SMILES string of the molecule is CN(C)c1ccc(C(C(=O)NCc2ccccc2)N(C(=O)c2snc(C(N)=O)c2N)c2ccc(F)cc2)cc1. The molecule has 0 spiro atoms. The van der Waals surface area contributed by atoms with Crippen molar-refractivity contribution in [1.82, 2.24) is 9.69 Å². The highest BCUT2D eigenvalue weighted by Gasteiger charge is 2.36. The minimum atomic E-state index is -1.18. The van der Waals surface area contributed by atoms with E-state index in [1.165, 1.54) is 29.2 Å². The number of hydrogen-bond acceptors (Lipinski definition) is 7. The molecule has 3 aromatic carbocycles. The number of primary amides is 1. The largest absolute Gasteiger partial charge is 0.395 e. The van der Waals surface area contributed by atoms with Crippen LogP contribution in [0.1, 0.15) is 37.3 Å². The lowest BCUT2D eigenvalue weighted by atomic mass is 10.0. The number of nitrogen functional groups attached to an aromatic ring is 1. The molecule has 200 valence electrons. The molecule has 0 bridgehead atoms. The number of benzene rings is 3. The molecule has 1 heterocycles. The topological polar surface area (TPSA) is 135 Å². The summed E-state index contributed by atoms with van der Waals surface area (Å²) in [6.45, 7) is 0.214. The maximum absolute atomic E-state index is 14.0. The molecule has 0 saturated heterocycles. The van der Waals surface area contributed by atoms with E-state index in [9.17, 15) is 18.8 Å². The highest BCUT2D eigenvalue weighted by atomic mass is 32.1. The van der Waals surface area contributed by atoms with Crippen molar-refractivity contribution < 1.29 is 18.8 Å². The number of nitrogens with zero attached hydrogens (tertiary/aromatic N) is 3. The molecule has 4 aromatic rings. The first-order valence-corrected chi connectivity index (χ1v) is 12.7. The van der Waals surface area contributed by atoms with Crippen LogP contribution in [0.5, 0.6) is 0 Å². The number of carbonyl (C=O) groups excluding carboxylic acids is 3. The van der Waals surface area contributed by atoms with Gasteiger partial charge in [0.1, 0.15) is 16.7 Å². The highest BCUT2D eigenvalue weighted by Crippen LogP contribution is 2.34. The van der Waals surface area contributed by atoms with E-state index < -0.39 is 29.6 Å². The van der Waals surface area contributed by atoms with Crippen LogP contribution < -0.4 is 26.6 Å². The second-order valence-corrected chi connectivity index (χ2v) is 9.66. The first-order valence-electron chi connectivity index (χ1n) is 11.9. The number of aromatic nitrogens is 1. The van der Waals surface area contributed by atoms with Gasteiger partial charge in [-0.1, -0.05) is 42.5 Å². The van der Waals surface area contributed by atoms with Crippen molar-refractivity contribution in [2.75, 3.05) is 29.6 Å². The molecule has 0 radical (unpaired) electrons. The Morgan fingerprint density at radius 3 is 2.13 bits per heavy atom. The predicted molar refractivity (Wildman–Crippen MR) is 150 cm³/mol. The second kappa shape index (κ2) is 11.7. The van der Waals surface area contributed by atoms with Crippen LogP contribution in [-0.4, -0.2) is 36.2 Å². The number of nitrogens with one attached hydrogen (secondary N) is 1. The Morgan fingerprint density at radius 1 is 0.949 bits per heavy atom. The molecule has 3 amide bonds. The average molecular weight is 547 g/mol. The van der Waals surface area contributed by atoms with Gasteiger partial charge in [-0.3, -0.25) is 19.3 Å². The second-order valence-electron chi connectivity index (χ2n) is 8.88. The lowest BCUT2D eigenvalue weighted by Gasteiger charge is -2.31. The molecule has 1 aromatic heterocycles. The van der Waals surface area contributed by atoms with Crippen LogP contribution in [0.15, 0.2) is 78.9 Å². The van der Waals surface area contributed by atoms with Crippen molar-refractivity contribution >= 4 is 46.3 Å². The standard InChI is InChI=1S/C28H27FN6O3S/c1-34(2)20-12-8-18(9-13-20)24(27(37)32-16-17-6-4-3-5-7-17)35(21-14-10-19(29)11-15-21)28(38)25-22(30)23(26(31)36)33-39-25/h3-15,24H,16,30H2,1-2H3,(H2,31,36)(H,32,37). The van der Waals surface area contributed by atoms with Crippen LogP contribution in [-0.2, 0) is 11.3 Å². The van der Waals surface area contributed by atoms with Gasteiger partial charge in [0.15, 0.2) is 5.69 Å². The Hall–Kier alpha value is -4.77. The number of halogens is 1. The first-order chi connectivity index (χ1) is 18.7. The minimum Gasteiger partial charge on any atom is -0.395 e. The fourth-order valence-electron chi connectivity index (χ4n) is 3.98. The zero-order valence-corrected chi connectivity index (χ0v) is 22.1. The summed E-state index contributed by atoms with van der Waals surface area (Å²) in [5.41, 5.74) is 13.5. The summed E-state index contributed by atoms with van der Waals surface area (Å²) in [4.78, 5) is 42.7. The normalized spacial score (nSPS) is 11.5. The van der Waals surface area contributed by atoms with Crippen molar-refractivity contribution in [3.05, 3.63) is 106 Å². The number of nitrogens with two attached hydrogens (primary N) is 2. The highest BCUT2D eigenvalue weighted by molar-refractivity contribution is 7.09. The summed E-state index contributed by atoms with van der Waals surface area (Å²) in [7, 11) is 3.77. The maximum Gasteiger partial charge on any atom is 0.273 e. The van der Waals surface area contributed by atoms with Gasteiger partial charge < -0.3 is 21.7 Å². The summed E-state index contributed by atoms with van der Waals surface area (Å²) in [6.07, 6.45) is 0. The number of rotatable bonds is 9.